The van der Waals surface area contributed by atoms with E-state index in [1.807, 2.05) is 0 Å². The Bertz CT molecular complexity index is 348. The Kier molecular flexibility index (Phi) is 2.64. The molecule has 0 unspecified atom stereocenters. The molecule has 15 heavy (non-hydrogen) atoms. The Balaban J connectivity index is 1.87. The van der Waals surface area contributed by atoms with Gasteiger partial charge in [0.1, 0.15) is 0 Å². The number of aromatic nitrogens is 2. The number of rotatable bonds is 3. The fourth-order valence-corrected chi connectivity index (χ4v) is 1.66. The van der Waals surface area contributed by atoms with Gasteiger partial charge in [-0.1, -0.05) is 0 Å². The van der Waals surface area contributed by atoms with Gasteiger partial charge < -0.3 is 5.73 Å². The van der Waals surface area contributed by atoms with Crippen LogP contribution in [0.2, 0.25) is 0 Å². The van der Waals surface area contributed by atoms with Crippen LogP contribution in [0.25, 0.3) is 0 Å². The summed E-state index contributed by atoms with van der Waals surface area (Å²) in [5.41, 5.74) is 5.66. The second-order valence-corrected chi connectivity index (χ2v) is 4.01. The fourth-order valence-electron chi connectivity index (χ4n) is 1.66. The highest BCUT2D eigenvalue weighted by molar-refractivity contribution is 5.89. The van der Waals surface area contributed by atoms with Crippen molar-refractivity contribution in [2.45, 2.75) is 31.2 Å². The van der Waals surface area contributed by atoms with Gasteiger partial charge in [-0.15, -0.1) is 0 Å². The molecule has 1 aliphatic carbocycles. The minimum absolute atomic E-state index is 0.108. The van der Waals surface area contributed by atoms with Gasteiger partial charge in [0, 0.05) is 24.4 Å². The van der Waals surface area contributed by atoms with Crippen LogP contribution in [0.1, 0.15) is 25.7 Å². The summed E-state index contributed by atoms with van der Waals surface area (Å²) in [6, 6.07) is 1.70. The quantitative estimate of drug-likeness (QED) is 0.762. The van der Waals surface area contributed by atoms with Crippen molar-refractivity contribution in [1.29, 1.82) is 0 Å². The van der Waals surface area contributed by atoms with Gasteiger partial charge in [0.25, 0.3) is 0 Å². The van der Waals surface area contributed by atoms with Gasteiger partial charge >= 0.3 is 0 Å². The smallest absolute Gasteiger partial charge is 0.229 e. The Labute approximate surface area is 88.1 Å². The maximum Gasteiger partial charge on any atom is 0.229 e. The van der Waals surface area contributed by atoms with E-state index in [0.29, 0.717) is 12.4 Å². The average Bonchev–Trinajstić information content (AvgIpc) is 2.16. The van der Waals surface area contributed by atoms with E-state index in [0.717, 1.165) is 19.3 Å². The molecule has 0 aliphatic heterocycles. The zero-order valence-electron chi connectivity index (χ0n) is 8.44. The molecule has 3 N–H and O–H groups in total. The lowest BCUT2D eigenvalue weighted by molar-refractivity contribution is -0.118. The molecule has 0 spiro atoms. The van der Waals surface area contributed by atoms with Gasteiger partial charge in [0.15, 0.2) is 0 Å². The van der Waals surface area contributed by atoms with Gasteiger partial charge in [0.05, 0.1) is 0 Å². The SMILES string of the molecule is NC1(CC(=O)Nc2ncccn2)CCC1. The molecule has 2 rings (SSSR count). The van der Waals surface area contributed by atoms with E-state index in [1.165, 1.54) is 0 Å². The number of carbonyl (C=O) groups excluding carboxylic acids is 1. The number of hydrogen-bond acceptors (Lipinski definition) is 4. The molecule has 1 fully saturated rings. The molecule has 0 aromatic carbocycles. The molecule has 0 atom stereocenters. The number of hydrogen-bond donors (Lipinski definition) is 2. The maximum absolute atomic E-state index is 11.5. The lowest BCUT2D eigenvalue weighted by Crippen LogP contribution is -2.49. The molecule has 5 nitrogen and oxygen atoms in total. The van der Waals surface area contributed by atoms with Crippen molar-refractivity contribution in [3.05, 3.63) is 18.5 Å². The second-order valence-electron chi connectivity index (χ2n) is 4.01. The highest BCUT2D eigenvalue weighted by atomic mass is 16.1. The van der Waals surface area contributed by atoms with Crippen LogP contribution in [0.3, 0.4) is 0 Å². The summed E-state index contributed by atoms with van der Waals surface area (Å²) in [7, 11) is 0. The van der Waals surface area contributed by atoms with Gasteiger partial charge in [-0.25, -0.2) is 9.97 Å². The van der Waals surface area contributed by atoms with Crippen molar-refractivity contribution >= 4 is 11.9 Å². The molecule has 0 radical (unpaired) electrons. The molecular weight excluding hydrogens is 192 g/mol. The van der Waals surface area contributed by atoms with Crippen molar-refractivity contribution in [2.75, 3.05) is 5.32 Å². The fraction of sp³-hybridized carbons (Fsp3) is 0.500. The van der Waals surface area contributed by atoms with Crippen LogP contribution in [0.4, 0.5) is 5.95 Å². The van der Waals surface area contributed by atoms with E-state index in [1.54, 1.807) is 18.5 Å². The minimum Gasteiger partial charge on any atom is -0.325 e. The molecule has 0 saturated heterocycles. The first-order chi connectivity index (χ1) is 7.18. The van der Waals surface area contributed by atoms with E-state index < -0.39 is 0 Å². The summed E-state index contributed by atoms with van der Waals surface area (Å²) in [6.07, 6.45) is 6.50. The zero-order valence-corrected chi connectivity index (χ0v) is 8.44. The normalized spacial score (nSPS) is 17.9. The maximum atomic E-state index is 11.5. The summed E-state index contributed by atoms with van der Waals surface area (Å²) in [4.78, 5) is 19.4. The first-order valence-electron chi connectivity index (χ1n) is 5.04. The number of nitrogens with two attached hydrogens (primary N) is 1. The number of amides is 1. The third kappa shape index (κ3) is 2.50. The van der Waals surface area contributed by atoms with Crippen LogP contribution in [0, 0.1) is 0 Å². The van der Waals surface area contributed by atoms with E-state index in [-0.39, 0.29) is 11.4 Å². The Hall–Kier alpha value is -1.49. The molecule has 80 valence electrons. The first kappa shape index (κ1) is 10.0. The largest absolute Gasteiger partial charge is 0.325 e. The molecule has 1 saturated carbocycles. The van der Waals surface area contributed by atoms with E-state index >= 15 is 0 Å². The summed E-state index contributed by atoms with van der Waals surface area (Å²) >= 11 is 0. The number of anilines is 1. The number of nitrogens with one attached hydrogen (secondary N) is 1. The van der Waals surface area contributed by atoms with Gasteiger partial charge in [-0.3, -0.25) is 10.1 Å². The van der Waals surface area contributed by atoms with Crippen molar-refractivity contribution in [3.8, 4) is 0 Å². The predicted octanol–water partition coefficient (Wildman–Crippen LogP) is 0.687. The van der Waals surface area contributed by atoms with Crippen LogP contribution in [0.5, 0.6) is 0 Å². The van der Waals surface area contributed by atoms with Crippen LogP contribution >= 0.6 is 0 Å². The highest BCUT2D eigenvalue weighted by Gasteiger charge is 2.34. The molecular formula is C10H14N4O. The van der Waals surface area contributed by atoms with E-state index in [9.17, 15) is 4.79 Å². The molecule has 1 aromatic heterocycles. The molecule has 0 bridgehead atoms. The molecule has 1 aromatic rings. The van der Waals surface area contributed by atoms with Crippen LogP contribution in [-0.4, -0.2) is 21.4 Å². The third-order valence-electron chi connectivity index (χ3n) is 2.68. The summed E-state index contributed by atoms with van der Waals surface area (Å²) < 4.78 is 0. The monoisotopic (exact) mass is 206 g/mol. The van der Waals surface area contributed by atoms with Crippen molar-refractivity contribution < 1.29 is 4.79 Å². The zero-order chi connectivity index (χ0) is 10.7. The molecule has 1 heterocycles. The highest BCUT2D eigenvalue weighted by Crippen LogP contribution is 2.32. The Morgan fingerprint density at radius 1 is 1.47 bits per heavy atom. The summed E-state index contributed by atoms with van der Waals surface area (Å²) in [5.74, 6) is 0.230. The summed E-state index contributed by atoms with van der Waals surface area (Å²) in [6.45, 7) is 0. The first-order valence-corrected chi connectivity index (χ1v) is 5.04. The topological polar surface area (TPSA) is 80.9 Å². The third-order valence-corrected chi connectivity index (χ3v) is 2.68. The van der Waals surface area contributed by atoms with Gasteiger partial charge in [-0.05, 0) is 25.3 Å². The summed E-state index contributed by atoms with van der Waals surface area (Å²) in [5, 5.41) is 2.63. The standard InChI is InChI=1S/C10H14N4O/c11-10(3-1-4-10)7-8(15)14-9-12-5-2-6-13-9/h2,5-6H,1,3-4,7,11H2,(H,12,13,14,15). The van der Waals surface area contributed by atoms with Gasteiger partial charge in [-0.2, -0.15) is 0 Å². The lowest BCUT2D eigenvalue weighted by Gasteiger charge is -2.37. The second kappa shape index (κ2) is 3.94. The lowest BCUT2D eigenvalue weighted by atomic mass is 9.75. The van der Waals surface area contributed by atoms with Crippen LogP contribution in [-0.2, 0) is 4.79 Å². The van der Waals surface area contributed by atoms with Crippen molar-refractivity contribution in [3.63, 3.8) is 0 Å². The number of nitrogens with zero attached hydrogens (tertiary/aromatic N) is 2. The van der Waals surface area contributed by atoms with Crippen LogP contribution in [0.15, 0.2) is 18.5 Å². The minimum atomic E-state index is -0.293. The molecule has 5 heteroatoms. The predicted molar refractivity (Wildman–Crippen MR) is 56.0 cm³/mol. The molecule has 1 amide bonds. The average molecular weight is 206 g/mol. The van der Waals surface area contributed by atoms with Gasteiger partial charge in [0.2, 0.25) is 11.9 Å². The molecule has 1 aliphatic rings. The Morgan fingerprint density at radius 2 is 2.13 bits per heavy atom. The van der Waals surface area contributed by atoms with E-state index in [2.05, 4.69) is 15.3 Å². The van der Waals surface area contributed by atoms with Crippen molar-refractivity contribution in [2.24, 2.45) is 5.73 Å². The van der Waals surface area contributed by atoms with E-state index in [4.69, 9.17) is 5.73 Å². The van der Waals surface area contributed by atoms with Crippen LogP contribution < -0.4 is 11.1 Å². The van der Waals surface area contributed by atoms with Crippen molar-refractivity contribution in [1.82, 2.24) is 9.97 Å². The number of carbonyl (C=O) groups is 1. The Morgan fingerprint density at radius 3 is 2.67 bits per heavy atom.